The Labute approximate surface area is 182 Å². The molecule has 4 aromatic rings. The van der Waals surface area contributed by atoms with E-state index in [0.29, 0.717) is 28.2 Å². The zero-order valence-corrected chi connectivity index (χ0v) is 18.5. The maximum atomic E-state index is 6.25. The van der Waals surface area contributed by atoms with Crippen molar-refractivity contribution < 1.29 is 9.47 Å². The Balaban J connectivity index is 1.48. The summed E-state index contributed by atoms with van der Waals surface area (Å²) in [6, 6.07) is 13.9. The third-order valence-corrected chi connectivity index (χ3v) is 6.42. The molecule has 0 fully saturated rings. The van der Waals surface area contributed by atoms with Crippen molar-refractivity contribution in [3.63, 3.8) is 0 Å². The molecule has 0 saturated carbocycles. The summed E-state index contributed by atoms with van der Waals surface area (Å²) in [5, 5.41) is 12.2. The quantitative estimate of drug-likeness (QED) is 0.337. The molecule has 4 rings (SSSR count). The molecule has 0 radical (unpaired) electrons. The second kappa shape index (κ2) is 8.76. The van der Waals surface area contributed by atoms with Gasteiger partial charge in [0.05, 0.1) is 19.9 Å². The number of methoxy groups -OCH3 is 2. The molecule has 0 amide bonds. The lowest BCUT2D eigenvalue weighted by Crippen LogP contribution is -2.11. The summed E-state index contributed by atoms with van der Waals surface area (Å²) in [4.78, 5) is 4.73. The second-order valence-corrected chi connectivity index (χ2v) is 8.35. The molecule has 0 atom stereocenters. The number of nitrogens with zero attached hydrogens (tertiary/aromatic N) is 4. The summed E-state index contributed by atoms with van der Waals surface area (Å²) in [7, 11) is 3.19. The Kier molecular flexibility index (Phi) is 5.91. The van der Waals surface area contributed by atoms with Gasteiger partial charge in [0, 0.05) is 22.3 Å². The van der Waals surface area contributed by atoms with E-state index in [1.165, 1.54) is 22.0 Å². The van der Waals surface area contributed by atoms with Gasteiger partial charge in [-0.15, -0.1) is 21.5 Å². The molecule has 2 aromatic heterocycles. The first-order valence-corrected chi connectivity index (χ1v) is 11.0. The van der Waals surface area contributed by atoms with E-state index in [-0.39, 0.29) is 0 Å². The molecular weight excluding hydrogens is 418 g/mol. The highest BCUT2D eigenvalue weighted by molar-refractivity contribution is 7.98. The maximum absolute atomic E-state index is 6.25. The number of aryl methyl sites for hydroxylation is 1. The molecule has 0 saturated heterocycles. The van der Waals surface area contributed by atoms with Crippen LogP contribution in [-0.4, -0.2) is 34.1 Å². The second-order valence-electron chi connectivity index (χ2n) is 6.54. The minimum atomic E-state index is 0.553. The van der Waals surface area contributed by atoms with Gasteiger partial charge in [0.15, 0.2) is 17.3 Å². The minimum Gasteiger partial charge on any atom is -0.493 e. The average Bonchev–Trinajstić information content (AvgIpc) is 3.39. The van der Waals surface area contributed by atoms with Crippen LogP contribution < -0.4 is 15.3 Å². The lowest BCUT2D eigenvalue weighted by Gasteiger charge is -2.09. The summed E-state index contributed by atoms with van der Waals surface area (Å²) >= 11 is 3.13. The number of benzene rings is 2. The topological polar surface area (TPSA) is 88.1 Å². The predicted molar refractivity (Wildman–Crippen MR) is 121 cm³/mol. The van der Waals surface area contributed by atoms with Crippen LogP contribution in [0, 0.1) is 6.92 Å². The van der Waals surface area contributed by atoms with Crippen LogP contribution in [0.1, 0.15) is 11.3 Å². The Morgan fingerprint density at radius 3 is 2.47 bits per heavy atom. The van der Waals surface area contributed by atoms with Gasteiger partial charge in [-0.1, -0.05) is 41.6 Å². The van der Waals surface area contributed by atoms with E-state index >= 15 is 0 Å². The van der Waals surface area contributed by atoms with Crippen LogP contribution in [0.3, 0.4) is 0 Å². The number of hydrogen-bond acceptors (Lipinski definition) is 8. The molecule has 0 spiro atoms. The number of nitrogen functional groups attached to an aromatic ring is 1. The van der Waals surface area contributed by atoms with E-state index in [0.717, 1.165) is 21.8 Å². The van der Waals surface area contributed by atoms with E-state index in [1.54, 1.807) is 25.6 Å². The van der Waals surface area contributed by atoms with Gasteiger partial charge in [-0.2, -0.15) is 0 Å². The molecule has 7 nitrogen and oxygen atoms in total. The zero-order chi connectivity index (χ0) is 21.1. The first-order chi connectivity index (χ1) is 14.6. The summed E-state index contributed by atoms with van der Waals surface area (Å²) < 4.78 is 12.1. The Morgan fingerprint density at radius 2 is 1.73 bits per heavy atom. The van der Waals surface area contributed by atoms with Crippen molar-refractivity contribution in [3.05, 3.63) is 59.1 Å². The fraction of sp³-hybridized carbons (Fsp3) is 0.190. The first kappa shape index (κ1) is 20.2. The monoisotopic (exact) mass is 439 g/mol. The molecule has 0 bridgehead atoms. The number of thiazole rings is 1. The van der Waals surface area contributed by atoms with Crippen molar-refractivity contribution in [1.82, 2.24) is 19.9 Å². The van der Waals surface area contributed by atoms with E-state index < -0.39 is 0 Å². The molecule has 2 heterocycles. The van der Waals surface area contributed by atoms with Crippen molar-refractivity contribution in [2.45, 2.75) is 17.8 Å². The molecule has 2 N–H and O–H groups in total. The van der Waals surface area contributed by atoms with Crippen LogP contribution in [0.25, 0.3) is 22.0 Å². The van der Waals surface area contributed by atoms with Gasteiger partial charge in [-0.3, -0.25) is 0 Å². The lowest BCUT2D eigenvalue weighted by molar-refractivity contribution is 0.355. The van der Waals surface area contributed by atoms with Crippen molar-refractivity contribution in [3.8, 4) is 33.5 Å². The Bertz CT molecular complexity index is 1150. The molecule has 0 aliphatic heterocycles. The van der Waals surface area contributed by atoms with Gasteiger partial charge >= 0.3 is 0 Å². The largest absolute Gasteiger partial charge is 0.493 e. The van der Waals surface area contributed by atoms with Crippen molar-refractivity contribution in [2.24, 2.45) is 0 Å². The van der Waals surface area contributed by atoms with Gasteiger partial charge in [0.1, 0.15) is 5.01 Å². The fourth-order valence-corrected chi connectivity index (χ4v) is 4.57. The minimum absolute atomic E-state index is 0.553. The number of hydrogen-bond donors (Lipinski definition) is 1. The molecule has 0 aliphatic carbocycles. The van der Waals surface area contributed by atoms with E-state index in [9.17, 15) is 0 Å². The highest BCUT2D eigenvalue weighted by Crippen LogP contribution is 2.33. The standard InChI is InChI=1S/C21H21N5O2S2/c1-13-4-6-14(7-5-13)20-23-16(11-29-20)12-30-21-25-24-19(26(21)22)15-8-9-17(27-2)18(10-15)28-3/h4-11H,12,22H2,1-3H3. The normalized spacial score (nSPS) is 10.9. The molecular formula is C21H21N5O2S2. The van der Waals surface area contributed by atoms with Crippen LogP contribution >= 0.6 is 23.1 Å². The van der Waals surface area contributed by atoms with Crippen molar-refractivity contribution in [2.75, 3.05) is 20.1 Å². The number of aromatic nitrogens is 4. The summed E-state index contributed by atoms with van der Waals surface area (Å²) in [5.41, 5.74) is 4.14. The van der Waals surface area contributed by atoms with Crippen LogP contribution in [-0.2, 0) is 5.75 Å². The van der Waals surface area contributed by atoms with Gasteiger partial charge < -0.3 is 15.3 Å². The summed E-state index contributed by atoms with van der Waals surface area (Å²) in [6.45, 7) is 2.08. The zero-order valence-electron chi connectivity index (χ0n) is 16.8. The van der Waals surface area contributed by atoms with E-state index in [2.05, 4.69) is 46.8 Å². The number of nitrogens with two attached hydrogens (primary N) is 1. The molecule has 2 aromatic carbocycles. The van der Waals surface area contributed by atoms with Crippen LogP contribution in [0.5, 0.6) is 11.5 Å². The number of rotatable bonds is 7. The van der Waals surface area contributed by atoms with Crippen LogP contribution in [0.4, 0.5) is 0 Å². The van der Waals surface area contributed by atoms with Gasteiger partial charge in [-0.25, -0.2) is 9.66 Å². The Hall–Kier alpha value is -3.04. The highest BCUT2D eigenvalue weighted by Gasteiger charge is 2.15. The van der Waals surface area contributed by atoms with Crippen LogP contribution in [0.15, 0.2) is 53.0 Å². The molecule has 30 heavy (non-hydrogen) atoms. The van der Waals surface area contributed by atoms with Crippen molar-refractivity contribution in [1.29, 1.82) is 0 Å². The van der Waals surface area contributed by atoms with E-state index in [4.69, 9.17) is 20.3 Å². The molecule has 0 unspecified atom stereocenters. The van der Waals surface area contributed by atoms with Gasteiger partial charge in [-0.05, 0) is 25.1 Å². The average molecular weight is 440 g/mol. The number of ether oxygens (including phenoxy) is 2. The van der Waals surface area contributed by atoms with E-state index in [1.807, 2.05) is 18.2 Å². The highest BCUT2D eigenvalue weighted by atomic mass is 32.2. The SMILES string of the molecule is COc1ccc(-c2nnc(SCc3csc(-c4ccc(C)cc4)n3)n2N)cc1OC. The van der Waals surface area contributed by atoms with Gasteiger partial charge in [0.25, 0.3) is 0 Å². The third-order valence-electron chi connectivity index (χ3n) is 4.51. The third kappa shape index (κ3) is 4.12. The predicted octanol–water partition coefficient (Wildman–Crippen LogP) is 4.40. The van der Waals surface area contributed by atoms with Gasteiger partial charge in [0.2, 0.25) is 5.16 Å². The molecule has 9 heteroatoms. The summed E-state index contributed by atoms with van der Waals surface area (Å²) in [5.74, 6) is 8.72. The van der Waals surface area contributed by atoms with Crippen LogP contribution in [0.2, 0.25) is 0 Å². The fourth-order valence-electron chi connectivity index (χ4n) is 2.89. The smallest absolute Gasteiger partial charge is 0.210 e. The first-order valence-electron chi connectivity index (χ1n) is 9.16. The summed E-state index contributed by atoms with van der Waals surface area (Å²) in [6.07, 6.45) is 0. The lowest BCUT2D eigenvalue weighted by atomic mass is 10.2. The molecule has 0 aliphatic rings. The molecule has 154 valence electrons. The maximum Gasteiger partial charge on any atom is 0.210 e. The Morgan fingerprint density at radius 1 is 1.00 bits per heavy atom. The number of thioether (sulfide) groups is 1. The van der Waals surface area contributed by atoms with Crippen molar-refractivity contribution >= 4 is 23.1 Å².